The number of nitrogens with zero attached hydrogens (tertiary/aromatic N) is 4. The molecule has 3 aromatic heterocycles. The SMILES string of the molecule is CCCCCCCCC#Cc1nc(Cl)c2nc(-c3cccs3)n([C@@H]3OC[C@@H](O)[C@H]3O)c2n1. The summed E-state index contributed by atoms with van der Waals surface area (Å²) in [7, 11) is 0. The first-order valence-corrected chi connectivity index (χ1v) is 12.3. The number of thiophene rings is 1. The van der Waals surface area contributed by atoms with Crippen LogP contribution < -0.4 is 0 Å². The van der Waals surface area contributed by atoms with Crippen molar-refractivity contribution in [3.8, 4) is 22.5 Å². The van der Waals surface area contributed by atoms with Crippen LogP contribution in [0, 0.1) is 11.8 Å². The van der Waals surface area contributed by atoms with Gasteiger partial charge in [-0.1, -0.05) is 62.6 Å². The Morgan fingerprint density at radius 2 is 2.00 bits per heavy atom. The lowest BCUT2D eigenvalue weighted by Gasteiger charge is -2.19. The Kier molecular flexibility index (Phi) is 7.76. The Balaban J connectivity index is 1.63. The molecule has 1 aliphatic rings. The number of imidazole rings is 1. The van der Waals surface area contributed by atoms with Gasteiger partial charge in [-0.25, -0.2) is 15.0 Å². The Bertz CT molecular complexity index is 1110. The van der Waals surface area contributed by atoms with E-state index in [1.807, 2.05) is 17.5 Å². The molecule has 0 aliphatic carbocycles. The molecule has 0 radical (unpaired) electrons. The molecule has 0 spiro atoms. The van der Waals surface area contributed by atoms with Crippen molar-refractivity contribution in [1.82, 2.24) is 19.5 Å². The fourth-order valence-electron chi connectivity index (χ4n) is 3.76. The second-order valence-corrected chi connectivity index (χ2v) is 9.20. The average molecular weight is 475 g/mol. The van der Waals surface area contributed by atoms with E-state index in [0.717, 1.165) is 17.7 Å². The molecule has 170 valence electrons. The number of ether oxygens (including phenoxy) is 1. The highest BCUT2D eigenvalue weighted by Crippen LogP contribution is 2.36. The van der Waals surface area contributed by atoms with E-state index >= 15 is 0 Å². The summed E-state index contributed by atoms with van der Waals surface area (Å²) in [5, 5.41) is 22.7. The van der Waals surface area contributed by atoms with Gasteiger partial charge in [-0.05, 0) is 23.8 Å². The summed E-state index contributed by atoms with van der Waals surface area (Å²) >= 11 is 7.95. The Labute approximate surface area is 196 Å². The fraction of sp³-hybridized carbons (Fsp3) is 0.522. The van der Waals surface area contributed by atoms with Crippen molar-refractivity contribution >= 4 is 34.1 Å². The van der Waals surface area contributed by atoms with Crippen molar-refractivity contribution in [3.05, 3.63) is 28.5 Å². The molecule has 1 aliphatic heterocycles. The maximum Gasteiger partial charge on any atom is 0.208 e. The molecule has 1 saturated heterocycles. The largest absolute Gasteiger partial charge is 0.388 e. The Hall–Kier alpha value is -2.02. The lowest BCUT2D eigenvalue weighted by molar-refractivity contribution is -0.0152. The van der Waals surface area contributed by atoms with Crippen LogP contribution in [0.4, 0.5) is 0 Å². The van der Waals surface area contributed by atoms with Crippen LogP contribution >= 0.6 is 22.9 Å². The number of unbranched alkanes of at least 4 members (excludes halogenated alkanes) is 6. The summed E-state index contributed by atoms with van der Waals surface area (Å²) in [6.07, 6.45) is 5.12. The third-order valence-electron chi connectivity index (χ3n) is 5.47. The molecule has 3 aromatic rings. The van der Waals surface area contributed by atoms with Crippen LogP contribution in [0.15, 0.2) is 17.5 Å². The highest BCUT2D eigenvalue weighted by Gasteiger charge is 2.39. The Morgan fingerprint density at radius 1 is 1.19 bits per heavy atom. The summed E-state index contributed by atoms with van der Waals surface area (Å²) in [4.78, 5) is 14.4. The molecular weight excluding hydrogens is 448 g/mol. The van der Waals surface area contributed by atoms with Crippen molar-refractivity contribution in [2.75, 3.05) is 6.61 Å². The smallest absolute Gasteiger partial charge is 0.208 e. The number of aliphatic hydroxyl groups excluding tert-OH is 2. The average Bonchev–Trinajstić information content (AvgIpc) is 3.50. The zero-order valence-corrected chi connectivity index (χ0v) is 19.6. The number of hydrogen-bond acceptors (Lipinski definition) is 7. The third-order valence-corrected chi connectivity index (χ3v) is 6.60. The topological polar surface area (TPSA) is 93.3 Å². The van der Waals surface area contributed by atoms with Crippen molar-refractivity contribution < 1.29 is 14.9 Å². The molecule has 0 amide bonds. The van der Waals surface area contributed by atoms with E-state index in [9.17, 15) is 10.2 Å². The molecule has 32 heavy (non-hydrogen) atoms. The van der Waals surface area contributed by atoms with E-state index in [4.69, 9.17) is 16.3 Å². The molecule has 4 rings (SSSR count). The zero-order chi connectivity index (χ0) is 22.5. The highest BCUT2D eigenvalue weighted by atomic mass is 35.5. The fourth-order valence-corrected chi connectivity index (χ4v) is 4.68. The predicted molar refractivity (Wildman–Crippen MR) is 126 cm³/mol. The molecule has 4 heterocycles. The van der Waals surface area contributed by atoms with E-state index in [1.165, 1.54) is 43.4 Å². The van der Waals surface area contributed by atoms with Crippen LogP contribution in [0.5, 0.6) is 0 Å². The van der Waals surface area contributed by atoms with Crippen molar-refractivity contribution in [3.63, 3.8) is 0 Å². The normalized spacial score (nSPS) is 20.6. The summed E-state index contributed by atoms with van der Waals surface area (Å²) in [6.45, 7) is 2.24. The molecule has 9 heteroatoms. The summed E-state index contributed by atoms with van der Waals surface area (Å²) < 4.78 is 7.38. The van der Waals surface area contributed by atoms with Gasteiger partial charge in [-0.2, -0.15) is 0 Å². The first-order valence-electron chi connectivity index (χ1n) is 11.1. The molecule has 0 bridgehead atoms. The first-order chi connectivity index (χ1) is 15.6. The van der Waals surface area contributed by atoms with Gasteiger partial charge in [0, 0.05) is 6.42 Å². The van der Waals surface area contributed by atoms with Crippen molar-refractivity contribution in [2.45, 2.75) is 70.3 Å². The number of aliphatic hydroxyl groups is 2. The van der Waals surface area contributed by atoms with Crippen molar-refractivity contribution in [2.24, 2.45) is 0 Å². The molecule has 0 aromatic carbocycles. The summed E-state index contributed by atoms with van der Waals surface area (Å²) in [5.41, 5.74) is 0.837. The second-order valence-electron chi connectivity index (χ2n) is 7.89. The number of halogens is 1. The van der Waals surface area contributed by atoms with Gasteiger partial charge < -0.3 is 14.9 Å². The monoisotopic (exact) mass is 474 g/mol. The molecule has 3 atom stereocenters. The minimum absolute atomic E-state index is 0.0269. The standard InChI is InChI=1S/C23H27ClN4O3S/c1-2-3-4-5-6-7-8-9-12-17-25-20(24)18-22(26-17)28(23-19(30)15(29)14-31-23)21(27-18)16-11-10-13-32-16/h10-11,13,15,19,23,29-30H,2-8,14H2,1H3/t15-,19-,23-/m1/s1. The van der Waals surface area contributed by atoms with Gasteiger partial charge >= 0.3 is 0 Å². The van der Waals surface area contributed by atoms with Crippen LogP contribution in [-0.4, -0.2) is 48.5 Å². The van der Waals surface area contributed by atoms with E-state index in [-0.39, 0.29) is 11.8 Å². The van der Waals surface area contributed by atoms with E-state index in [2.05, 4.69) is 33.7 Å². The van der Waals surface area contributed by atoms with E-state index in [1.54, 1.807) is 4.57 Å². The number of aromatic nitrogens is 4. The zero-order valence-electron chi connectivity index (χ0n) is 18.0. The quantitative estimate of drug-likeness (QED) is 0.282. The maximum atomic E-state index is 10.5. The van der Waals surface area contributed by atoms with Gasteiger partial charge in [-0.3, -0.25) is 4.57 Å². The third kappa shape index (κ3) is 4.98. The number of hydrogen-bond donors (Lipinski definition) is 2. The predicted octanol–water partition coefficient (Wildman–Crippen LogP) is 4.56. The van der Waals surface area contributed by atoms with E-state index < -0.39 is 18.4 Å². The van der Waals surface area contributed by atoms with Crippen LogP contribution in [-0.2, 0) is 4.74 Å². The lowest BCUT2D eigenvalue weighted by Crippen LogP contribution is -2.28. The molecular formula is C23H27ClN4O3S. The van der Waals surface area contributed by atoms with Crippen molar-refractivity contribution in [1.29, 1.82) is 0 Å². The second kappa shape index (κ2) is 10.7. The molecule has 0 saturated carbocycles. The minimum atomic E-state index is -1.11. The maximum absolute atomic E-state index is 10.5. The van der Waals surface area contributed by atoms with E-state index in [0.29, 0.717) is 22.8 Å². The highest BCUT2D eigenvalue weighted by molar-refractivity contribution is 7.13. The van der Waals surface area contributed by atoms with Crippen LogP contribution in [0.2, 0.25) is 5.15 Å². The van der Waals surface area contributed by atoms with Gasteiger partial charge in [-0.15, -0.1) is 11.3 Å². The Morgan fingerprint density at radius 3 is 2.72 bits per heavy atom. The molecule has 0 unspecified atom stereocenters. The summed E-state index contributed by atoms with van der Waals surface area (Å²) in [5.74, 6) is 7.02. The number of fused-ring (bicyclic) bond motifs is 1. The molecule has 7 nitrogen and oxygen atoms in total. The van der Waals surface area contributed by atoms with Crippen LogP contribution in [0.25, 0.3) is 21.9 Å². The van der Waals surface area contributed by atoms with Crippen LogP contribution in [0.3, 0.4) is 0 Å². The van der Waals surface area contributed by atoms with Gasteiger partial charge in [0.2, 0.25) is 5.82 Å². The lowest BCUT2D eigenvalue weighted by atomic mass is 10.1. The van der Waals surface area contributed by atoms with Gasteiger partial charge in [0.1, 0.15) is 17.7 Å². The minimum Gasteiger partial charge on any atom is -0.388 e. The van der Waals surface area contributed by atoms with Gasteiger partial charge in [0.05, 0.1) is 11.5 Å². The molecule has 1 fully saturated rings. The molecule has 2 N–H and O–H groups in total. The first kappa shape index (κ1) is 23.1. The summed E-state index contributed by atoms with van der Waals surface area (Å²) in [6, 6.07) is 3.83. The van der Waals surface area contributed by atoms with Gasteiger partial charge in [0.15, 0.2) is 22.9 Å². The van der Waals surface area contributed by atoms with Gasteiger partial charge in [0.25, 0.3) is 0 Å². The number of rotatable bonds is 8. The van der Waals surface area contributed by atoms with Crippen LogP contribution in [0.1, 0.15) is 63.9 Å².